The van der Waals surface area contributed by atoms with Crippen LogP contribution in [0.1, 0.15) is 12.8 Å². The van der Waals surface area contributed by atoms with E-state index >= 15 is 0 Å². The third-order valence-corrected chi connectivity index (χ3v) is 1.31. The summed E-state index contributed by atoms with van der Waals surface area (Å²) in [6, 6.07) is 0. The summed E-state index contributed by atoms with van der Waals surface area (Å²) in [4.78, 5) is 0. The van der Waals surface area contributed by atoms with Gasteiger partial charge in [0.25, 0.3) is 0 Å². The summed E-state index contributed by atoms with van der Waals surface area (Å²) < 4.78 is 0. The smallest absolute Gasteiger partial charge is 0.0319 e. The second-order valence-corrected chi connectivity index (χ2v) is 2.18. The fraction of sp³-hybridized carbons (Fsp3) is 0.273. The fourth-order valence-electron chi connectivity index (χ4n) is 0.786. The molecule has 2 aliphatic carbocycles. The molecule has 74 valence electrons. The third-order valence-electron chi connectivity index (χ3n) is 1.31. The average molecular weight is 220 g/mol. The van der Waals surface area contributed by atoms with Crippen molar-refractivity contribution >= 4 is 0 Å². The van der Waals surface area contributed by atoms with Crippen LogP contribution in [0.4, 0.5) is 0 Å². The molecular weight excluding hydrogens is 204 g/mol. The molecule has 0 spiro atoms. The summed E-state index contributed by atoms with van der Waals surface area (Å²) in [7, 11) is 1.00. The first-order valence-corrected chi connectivity index (χ1v) is 4.08. The van der Waals surface area contributed by atoms with Gasteiger partial charge in [-0.05, 0) is 12.8 Å². The summed E-state index contributed by atoms with van der Waals surface area (Å²) in [5.74, 6) is 0. The van der Waals surface area contributed by atoms with Crippen molar-refractivity contribution in [2.75, 3.05) is 7.11 Å². The van der Waals surface area contributed by atoms with Crippen LogP contribution in [0.3, 0.4) is 0 Å². The van der Waals surface area contributed by atoms with Crippen molar-refractivity contribution in [3.63, 3.8) is 0 Å². The van der Waals surface area contributed by atoms with E-state index in [0.717, 1.165) is 20.0 Å². The largest absolute Gasteiger partial charge is 0.400 e. The van der Waals surface area contributed by atoms with Crippen molar-refractivity contribution < 1.29 is 22.2 Å². The average Bonchev–Trinajstić information content (AvgIpc) is 2.87. The molecule has 2 rings (SSSR count). The monoisotopic (exact) mass is 220 g/mol. The molecule has 0 saturated carbocycles. The molecule has 0 aromatic heterocycles. The Balaban J connectivity index is 0. The van der Waals surface area contributed by atoms with Gasteiger partial charge in [-0.1, -0.05) is 48.6 Å². The molecule has 0 aliphatic heterocycles. The van der Waals surface area contributed by atoms with E-state index in [0.29, 0.717) is 0 Å². The predicted octanol–water partition coefficient (Wildman–Crippen LogP) is 2.61. The van der Waals surface area contributed by atoms with Crippen molar-refractivity contribution in [1.29, 1.82) is 0 Å². The maximum Gasteiger partial charge on any atom is 0.0319 e. The van der Waals surface area contributed by atoms with E-state index < -0.39 is 0 Å². The molecule has 13 heavy (non-hydrogen) atoms. The van der Waals surface area contributed by atoms with Crippen molar-refractivity contribution in [2.45, 2.75) is 12.8 Å². The summed E-state index contributed by atoms with van der Waals surface area (Å²) in [5, 5.41) is 7.00. The normalized spacial score (nSPS) is 14.0. The van der Waals surface area contributed by atoms with Gasteiger partial charge >= 0.3 is 0 Å². The number of allylic oxidation sites excluding steroid dienone is 8. The Morgan fingerprint density at radius 2 is 0.923 bits per heavy atom. The molecule has 2 heteroatoms. The van der Waals surface area contributed by atoms with Gasteiger partial charge in [-0.2, -0.15) is 0 Å². The van der Waals surface area contributed by atoms with E-state index in [1.165, 1.54) is 0 Å². The molecule has 0 radical (unpaired) electrons. The molecule has 0 heterocycles. The molecule has 1 nitrogen and oxygen atoms in total. The molecule has 0 saturated heterocycles. The second kappa shape index (κ2) is 14.0. The molecule has 0 atom stereocenters. The van der Waals surface area contributed by atoms with Gasteiger partial charge in [0, 0.05) is 24.2 Å². The van der Waals surface area contributed by atoms with E-state index in [1.807, 2.05) is 0 Å². The van der Waals surface area contributed by atoms with Crippen LogP contribution in [-0.2, 0) is 17.1 Å². The van der Waals surface area contributed by atoms with Crippen molar-refractivity contribution in [1.82, 2.24) is 0 Å². The zero-order valence-corrected chi connectivity index (χ0v) is 8.94. The van der Waals surface area contributed by atoms with Gasteiger partial charge < -0.3 is 5.11 Å². The molecule has 0 fully saturated rings. The van der Waals surface area contributed by atoms with Gasteiger partial charge in [0.1, 0.15) is 0 Å². The van der Waals surface area contributed by atoms with E-state index in [-0.39, 0.29) is 17.1 Å². The van der Waals surface area contributed by atoms with Gasteiger partial charge in [-0.15, -0.1) is 0 Å². The zero-order chi connectivity index (χ0) is 9.07. The standard InChI is InChI=1S/2C5H6.CH4O.Fe/c2*1-2-4-5-3-1;1-2;/h2*1-4H,5H2;2H,1H3;. The number of hydrogen-bond acceptors (Lipinski definition) is 1. The van der Waals surface area contributed by atoms with Crippen LogP contribution in [0.2, 0.25) is 0 Å². The molecule has 0 amide bonds. The number of aliphatic hydroxyl groups excluding tert-OH is 1. The second-order valence-electron chi connectivity index (χ2n) is 2.18. The van der Waals surface area contributed by atoms with Crippen molar-refractivity contribution in [3.8, 4) is 0 Å². The predicted molar refractivity (Wildman–Crippen MR) is 53.9 cm³/mol. The maximum absolute atomic E-state index is 7.00. The summed E-state index contributed by atoms with van der Waals surface area (Å²) in [6.07, 6.45) is 19.0. The minimum Gasteiger partial charge on any atom is -0.400 e. The van der Waals surface area contributed by atoms with E-state index in [4.69, 9.17) is 5.11 Å². The van der Waals surface area contributed by atoms with Gasteiger partial charge in [0.2, 0.25) is 0 Å². The maximum atomic E-state index is 7.00. The van der Waals surface area contributed by atoms with Crippen molar-refractivity contribution in [2.24, 2.45) is 0 Å². The molecule has 0 bridgehead atoms. The Hall–Kier alpha value is -0.561. The third kappa shape index (κ3) is 11.4. The SMILES string of the molecule is C1=CCC=C1.C1=CCC=C1.CO.[Fe]. The van der Waals surface area contributed by atoms with Gasteiger partial charge in [-0.3, -0.25) is 0 Å². The Kier molecular flexibility index (Phi) is 16.1. The number of rotatable bonds is 0. The van der Waals surface area contributed by atoms with Crippen LogP contribution >= 0.6 is 0 Å². The van der Waals surface area contributed by atoms with E-state index in [9.17, 15) is 0 Å². The molecular formula is C11H16FeO. The Morgan fingerprint density at radius 3 is 1.00 bits per heavy atom. The van der Waals surface area contributed by atoms with E-state index in [2.05, 4.69) is 48.6 Å². The first-order valence-electron chi connectivity index (χ1n) is 4.08. The molecule has 2 aliphatic rings. The summed E-state index contributed by atoms with van der Waals surface area (Å²) in [5.41, 5.74) is 0. The molecule has 0 aromatic rings. The summed E-state index contributed by atoms with van der Waals surface area (Å²) >= 11 is 0. The summed E-state index contributed by atoms with van der Waals surface area (Å²) in [6.45, 7) is 0. The van der Waals surface area contributed by atoms with Crippen LogP contribution < -0.4 is 0 Å². The van der Waals surface area contributed by atoms with Crippen LogP contribution in [-0.4, -0.2) is 12.2 Å². The van der Waals surface area contributed by atoms with Gasteiger partial charge in [0.15, 0.2) is 0 Å². The molecule has 0 unspecified atom stereocenters. The fourth-order valence-corrected chi connectivity index (χ4v) is 0.786. The Morgan fingerprint density at radius 1 is 0.692 bits per heavy atom. The Labute approximate surface area is 91.0 Å². The van der Waals surface area contributed by atoms with Crippen LogP contribution in [0.15, 0.2) is 48.6 Å². The first-order chi connectivity index (χ1) is 6.00. The molecule has 0 aromatic carbocycles. The minimum absolute atomic E-state index is 0. The minimum atomic E-state index is 0. The van der Waals surface area contributed by atoms with Crippen LogP contribution in [0.5, 0.6) is 0 Å². The molecule has 1 N–H and O–H groups in total. The van der Waals surface area contributed by atoms with Crippen LogP contribution in [0.25, 0.3) is 0 Å². The zero-order valence-electron chi connectivity index (χ0n) is 7.83. The van der Waals surface area contributed by atoms with E-state index in [1.54, 1.807) is 0 Å². The number of hydrogen-bond donors (Lipinski definition) is 1. The van der Waals surface area contributed by atoms with Crippen molar-refractivity contribution in [3.05, 3.63) is 48.6 Å². The van der Waals surface area contributed by atoms with Gasteiger partial charge in [0.05, 0.1) is 0 Å². The quantitative estimate of drug-likeness (QED) is 0.622. The topological polar surface area (TPSA) is 20.2 Å². The number of aliphatic hydroxyl groups is 1. The van der Waals surface area contributed by atoms with Gasteiger partial charge in [-0.25, -0.2) is 0 Å². The van der Waals surface area contributed by atoms with Crippen LogP contribution in [0, 0.1) is 0 Å². The Bertz CT molecular complexity index is 148. The first kappa shape index (κ1) is 14.9.